The van der Waals surface area contributed by atoms with Gasteiger partial charge in [-0.15, -0.1) is 5.10 Å². The van der Waals surface area contributed by atoms with E-state index < -0.39 is 0 Å². The van der Waals surface area contributed by atoms with Gasteiger partial charge in [-0.25, -0.2) is 4.68 Å². The Labute approximate surface area is 130 Å². The zero-order valence-electron chi connectivity index (χ0n) is 13.0. The first-order chi connectivity index (χ1) is 10.7. The van der Waals surface area contributed by atoms with Gasteiger partial charge in [0.1, 0.15) is 0 Å². The average molecular weight is 299 g/mol. The third kappa shape index (κ3) is 2.87. The van der Waals surface area contributed by atoms with Crippen LogP contribution in [0.25, 0.3) is 5.69 Å². The monoisotopic (exact) mass is 299 g/mol. The van der Waals surface area contributed by atoms with Gasteiger partial charge in [0.05, 0.1) is 11.9 Å². The minimum Gasteiger partial charge on any atom is -0.333 e. The molecule has 3 rings (SSSR count). The van der Waals surface area contributed by atoms with Crippen LogP contribution in [0.5, 0.6) is 0 Å². The van der Waals surface area contributed by atoms with Crippen LogP contribution in [0, 0.1) is 6.92 Å². The van der Waals surface area contributed by atoms with Crippen molar-refractivity contribution in [1.29, 1.82) is 0 Å². The highest BCUT2D eigenvalue weighted by atomic mass is 16.2. The maximum Gasteiger partial charge on any atom is 0.276 e. The van der Waals surface area contributed by atoms with Crippen molar-refractivity contribution in [1.82, 2.24) is 25.2 Å². The van der Waals surface area contributed by atoms with Crippen LogP contribution < -0.4 is 5.32 Å². The largest absolute Gasteiger partial charge is 0.333 e. The summed E-state index contributed by atoms with van der Waals surface area (Å²) in [6.45, 7) is 3.65. The molecule has 1 atom stereocenters. The molecular weight excluding hydrogens is 278 g/mol. The Morgan fingerprint density at radius 1 is 1.36 bits per heavy atom. The molecule has 0 aliphatic carbocycles. The first kappa shape index (κ1) is 14.7. The molecule has 22 heavy (non-hydrogen) atoms. The minimum atomic E-state index is -0.0314. The predicted octanol–water partition coefficient (Wildman–Crippen LogP) is 1.40. The second kappa shape index (κ2) is 6.27. The third-order valence-electron chi connectivity index (χ3n) is 4.09. The highest BCUT2D eigenvalue weighted by Gasteiger charge is 2.30. The normalized spacial score (nSPS) is 17.9. The van der Waals surface area contributed by atoms with E-state index in [0.29, 0.717) is 5.69 Å². The van der Waals surface area contributed by atoms with Crippen LogP contribution in [0.15, 0.2) is 30.5 Å². The number of hydrogen-bond acceptors (Lipinski definition) is 4. The fraction of sp³-hybridized carbons (Fsp3) is 0.438. The van der Waals surface area contributed by atoms with Crippen molar-refractivity contribution in [3.63, 3.8) is 0 Å². The summed E-state index contributed by atoms with van der Waals surface area (Å²) >= 11 is 0. The molecule has 1 aromatic carbocycles. The second-order valence-electron chi connectivity index (χ2n) is 5.74. The van der Waals surface area contributed by atoms with E-state index in [2.05, 4.69) is 15.6 Å². The Hall–Kier alpha value is -2.21. The number of benzene rings is 1. The van der Waals surface area contributed by atoms with Gasteiger partial charge in [-0.2, -0.15) is 0 Å². The summed E-state index contributed by atoms with van der Waals surface area (Å²) in [5.74, 6) is -0.0314. The molecule has 0 spiro atoms. The summed E-state index contributed by atoms with van der Waals surface area (Å²) in [6, 6.07) is 8.22. The molecule has 6 heteroatoms. The summed E-state index contributed by atoms with van der Waals surface area (Å²) in [5.41, 5.74) is 2.50. The SMILES string of the molecule is CNC[C@@H]1CCCN1C(=O)c1cn(-c2ccc(C)cc2)nn1. The molecule has 0 unspecified atom stereocenters. The standard InChI is InChI=1S/C16H21N5O/c1-12-5-7-13(8-6-12)21-11-15(18-19-21)16(22)20-9-3-4-14(20)10-17-2/h5-8,11,14,17H,3-4,9-10H2,1-2H3/t14-/m0/s1. The smallest absolute Gasteiger partial charge is 0.276 e. The van der Waals surface area contributed by atoms with E-state index in [1.54, 1.807) is 10.9 Å². The quantitative estimate of drug-likeness (QED) is 0.927. The molecule has 1 saturated heterocycles. The number of nitrogens with zero attached hydrogens (tertiary/aromatic N) is 4. The molecule has 0 radical (unpaired) electrons. The lowest BCUT2D eigenvalue weighted by molar-refractivity contribution is 0.0731. The zero-order chi connectivity index (χ0) is 15.5. The number of aromatic nitrogens is 3. The lowest BCUT2D eigenvalue weighted by Crippen LogP contribution is -2.41. The van der Waals surface area contributed by atoms with E-state index in [9.17, 15) is 4.79 Å². The van der Waals surface area contributed by atoms with E-state index >= 15 is 0 Å². The van der Waals surface area contributed by atoms with Gasteiger partial charge in [-0.3, -0.25) is 4.79 Å². The summed E-state index contributed by atoms with van der Waals surface area (Å²) < 4.78 is 1.65. The van der Waals surface area contributed by atoms with E-state index in [4.69, 9.17) is 0 Å². The second-order valence-corrected chi connectivity index (χ2v) is 5.74. The van der Waals surface area contributed by atoms with Gasteiger partial charge >= 0.3 is 0 Å². The molecule has 1 N–H and O–H groups in total. The highest BCUT2D eigenvalue weighted by Crippen LogP contribution is 2.19. The van der Waals surface area contributed by atoms with Crippen LogP contribution in [0.3, 0.4) is 0 Å². The fourth-order valence-electron chi connectivity index (χ4n) is 2.88. The molecule has 1 amide bonds. The van der Waals surface area contributed by atoms with Crippen molar-refractivity contribution in [2.24, 2.45) is 0 Å². The number of aryl methyl sites for hydroxylation is 1. The van der Waals surface area contributed by atoms with Crippen molar-refractivity contribution in [2.45, 2.75) is 25.8 Å². The number of rotatable bonds is 4. The van der Waals surface area contributed by atoms with Gasteiger partial charge in [0.2, 0.25) is 0 Å². The number of amides is 1. The molecule has 1 aromatic heterocycles. The van der Waals surface area contributed by atoms with Gasteiger partial charge in [0.15, 0.2) is 5.69 Å². The van der Waals surface area contributed by atoms with E-state index in [0.717, 1.165) is 31.6 Å². The van der Waals surface area contributed by atoms with Crippen molar-refractivity contribution < 1.29 is 4.79 Å². The summed E-state index contributed by atoms with van der Waals surface area (Å²) in [5, 5.41) is 11.3. The van der Waals surface area contributed by atoms with Gasteiger partial charge < -0.3 is 10.2 Å². The number of likely N-dealkylation sites (tertiary alicyclic amines) is 1. The molecule has 6 nitrogen and oxygen atoms in total. The van der Waals surface area contributed by atoms with Crippen LogP contribution in [0.1, 0.15) is 28.9 Å². The van der Waals surface area contributed by atoms with Gasteiger partial charge in [0.25, 0.3) is 5.91 Å². The van der Waals surface area contributed by atoms with Crippen molar-refractivity contribution >= 4 is 5.91 Å². The Balaban J connectivity index is 1.78. The molecule has 1 fully saturated rings. The first-order valence-electron chi connectivity index (χ1n) is 7.64. The van der Waals surface area contributed by atoms with E-state index in [1.165, 1.54) is 5.56 Å². The van der Waals surface area contributed by atoms with Crippen molar-refractivity contribution in [2.75, 3.05) is 20.1 Å². The Kier molecular flexibility index (Phi) is 4.20. The number of nitrogens with one attached hydrogen (secondary N) is 1. The number of likely N-dealkylation sites (N-methyl/N-ethyl adjacent to an activating group) is 1. The predicted molar refractivity (Wildman–Crippen MR) is 84.1 cm³/mol. The van der Waals surface area contributed by atoms with Crippen LogP contribution >= 0.6 is 0 Å². The molecule has 1 aliphatic heterocycles. The molecule has 2 aromatic rings. The summed E-state index contributed by atoms with van der Waals surface area (Å²) in [6.07, 6.45) is 3.80. The van der Waals surface area contributed by atoms with Gasteiger partial charge in [-0.1, -0.05) is 22.9 Å². The molecule has 2 heterocycles. The fourth-order valence-corrected chi connectivity index (χ4v) is 2.88. The topological polar surface area (TPSA) is 63.1 Å². The first-order valence-corrected chi connectivity index (χ1v) is 7.64. The average Bonchev–Trinajstić information content (AvgIpc) is 3.17. The molecule has 116 valence electrons. The number of carbonyl (C=O) groups is 1. The van der Waals surface area contributed by atoms with Crippen molar-refractivity contribution in [3.05, 3.63) is 41.7 Å². The summed E-state index contributed by atoms with van der Waals surface area (Å²) in [7, 11) is 1.91. The molecule has 1 aliphatic rings. The lowest BCUT2D eigenvalue weighted by atomic mass is 10.2. The highest BCUT2D eigenvalue weighted by molar-refractivity contribution is 5.92. The Bertz CT molecular complexity index is 649. The van der Waals surface area contributed by atoms with Crippen LogP contribution in [0.4, 0.5) is 0 Å². The number of hydrogen-bond donors (Lipinski definition) is 1. The molecular formula is C16H21N5O. The van der Waals surface area contributed by atoms with Crippen LogP contribution in [-0.2, 0) is 0 Å². The summed E-state index contributed by atoms with van der Waals surface area (Å²) in [4.78, 5) is 14.5. The molecule has 0 saturated carbocycles. The van der Waals surface area contributed by atoms with Gasteiger partial charge in [0, 0.05) is 19.1 Å². The molecule has 0 bridgehead atoms. The lowest BCUT2D eigenvalue weighted by Gasteiger charge is -2.23. The van der Waals surface area contributed by atoms with E-state index in [1.807, 2.05) is 43.1 Å². The van der Waals surface area contributed by atoms with Gasteiger partial charge in [-0.05, 0) is 38.9 Å². The van der Waals surface area contributed by atoms with E-state index in [-0.39, 0.29) is 11.9 Å². The minimum absolute atomic E-state index is 0.0314. The Morgan fingerprint density at radius 2 is 2.14 bits per heavy atom. The zero-order valence-corrected chi connectivity index (χ0v) is 13.0. The third-order valence-corrected chi connectivity index (χ3v) is 4.09. The van der Waals surface area contributed by atoms with Crippen molar-refractivity contribution in [3.8, 4) is 5.69 Å². The van der Waals surface area contributed by atoms with Crippen LogP contribution in [-0.4, -0.2) is 52.0 Å². The number of carbonyl (C=O) groups excluding carboxylic acids is 1. The Morgan fingerprint density at radius 3 is 2.86 bits per heavy atom. The maximum atomic E-state index is 12.6. The maximum absolute atomic E-state index is 12.6. The van der Waals surface area contributed by atoms with Crippen LogP contribution in [0.2, 0.25) is 0 Å².